The second-order valence-electron chi connectivity index (χ2n) is 9.81. The van der Waals surface area contributed by atoms with E-state index in [0.717, 1.165) is 5.75 Å². The molecule has 6 heteroatoms. The van der Waals surface area contributed by atoms with Crippen molar-refractivity contribution in [2.75, 3.05) is 4.90 Å². The van der Waals surface area contributed by atoms with Gasteiger partial charge in [0.15, 0.2) is 0 Å². The normalized spacial score (nSPS) is 14.0. The number of nitrogens with zero attached hydrogens (tertiary/aromatic N) is 2. The SMILES string of the molecule is CCC(C)N1C(=O)c2ccc(N(C=O)c3ccc(Oc4ccc(C(C)(C)C)cc4)cc3)cc2C1=O. The highest BCUT2D eigenvalue weighted by molar-refractivity contribution is 6.22. The van der Waals surface area contributed by atoms with Crippen molar-refractivity contribution < 1.29 is 19.1 Å². The van der Waals surface area contributed by atoms with Gasteiger partial charge < -0.3 is 4.74 Å². The first-order valence-electron chi connectivity index (χ1n) is 11.8. The van der Waals surface area contributed by atoms with E-state index in [1.807, 2.05) is 26.0 Å². The number of anilines is 2. The van der Waals surface area contributed by atoms with Crippen molar-refractivity contribution in [1.29, 1.82) is 0 Å². The highest BCUT2D eigenvalue weighted by Crippen LogP contribution is 2.33. The Balaban J connectivity index is 1.54. The molecule has 1 aliphatic rings. The van der Waals surface area contributed by atoms with E-state index >= 15 is 0 Å². The summed E-state index contributed by atoms with van der Waals surface area (Å²) < 4.78 is 5.96. The standard InChI is InChI=1S/C29H30N2O4/c1-6-19(2)31-27(33)25-16-11-22(17-26(25)28(31)34)30(18-32)21-9-14-24(15-10-21)35-23-12-7-20(8-13-23)29(3,4)5/h7-19H,6H2,1-5H3. The van der Waals surface area contributed by atoms with E-state index < -0.39 is 0 Å². The molecule has 0 fully saturated rings. The summed E-state index contributed by atoms with van der Waals surface area (Å²) in [6.45, 7) is 10.3. The topological polar surface area (TPSA) is 66.9 Å². The van der Waals surface area contributed by atoms with Crippen LogP contribution in [0.25, 0.3) is 0 Å². The number of amides is 3. The summed E-state index contributed by atoms with van der Waals surface area (Å²) in [5.74, 6) is 0.751. The molecule has 0 saturated heterocycles. The second-order valence-corrected chi connectivity index (χ2v) is 9.81. The molecule has 0 saturated carbocycles. The fraction of sp³-hybridized carbons (Fsp3) is 0.276. The number of hydrogen-bond acceptors (Lipinski definition) is 4. The lowest BCUT2D eigenvalue weighted by Gasteiger charge is -2.20. The summed E-state index contributed by atoms with van der Waals surface area (Å²) in [4.78, 5) is 40.3. The first-order chi connectivity index (χ1) is 16.6. The minimum Gasteiger partial charge on any atom is -0.457 e. The van der Waals surface area contributed by atoms with Crippen LogP contribution in [0.2, 0.25) is 0 Å². The summed E-state index contributed by atoms with van der Waals surface area (Å²) in [5, 5.41) is 0. The van der Waals surface area contributed by atoms with E-state index in [2.05, 4.69) is 32.9 Å². The Hall–Kier alpha value is -3.93. The van der Waals surface area contributed by atoms with E-state index in [0.29, 0.717) is 41.1 Å². The number of ether oxygens (including phenoxy) is 1. The minimum atomic E-state index is -0.326. The molecule has 4 rings (SSSR count). The third-order valence-electron chi connectivity index (χ3n) is 6.39. The van der Waals surface area contributed by atoms with Crippen LogP contribution >= 0.6 is 0 Å². The minimum absolute atomic E-state index is 0.0699. The number of carbonyl (C=O) groups is 3. The number of imide groups is 1. The monoisotopic (exact) mass is 470 g/mol. The average molecular weight is 471 g/mol. The number of rotatable bonds is 7. The Kier molecular flexibility index (Phi) is 6.48. The molecule has 35 heavy (non-hydrogen) atoms. The molecule has 3 amide bonds. The number of fused-ring (bicyclic) bond motifs is 1. The van der Waals surface area contributed by atoms with Crippen LogP contribution in [0, 0.1) is 0 Å². The first kappa shape index (κ1) is 24.2. The third-order valence-corrected chi connectivity index (χ3v) is 6.39. The van der Waals surface area contributed by atoms with Gasteiger partial charge in [-0.3, -0.25) is 24.2 Å². The third kappa shape index (κ3) is 4.69. The Morgan fingerprint density at radius 3 is 1.94 bits per heavy atom. The molecule has 6 nitrogen and oxygen atoms in total. The van der Waals surface area contributed by atoms with Crippen LogP contribution < -0.4 is 9.64 Å². The molecule has 0 aliphatic carbocycles. The van der Waals surface area contributed by atoms with Crippen molar-refractivity contribution in [3.05, 3.63) is 83.4 Å². The Morgan fingerprint density at radius 1 is 0.857 bits per heavy atom. The van der Waals surface area contributed by atoms with Crippen molar-refractivity contribution in [2.45, 2.75) is 52.5 Å². The highest BCUT2D eigenvalue weighted by Gasteiger charge is 2.38. The molecule has 0 spiro atoms. The van der Waals surface area contributed by atoms with Crippen molar-refractivity contribution in [1.82, 2.24) is 4.90 Å². The van der Waals surface area contributed by atoms with Crippen molar-refractivity contribution in [3.63, 3.8) is 0 Å². The quantitative estimate of drug-likeness (QED) is 0.293. The summed E-state index contributed by atoms with van der Waals surface area (Å²) in [7, 11) is 0. The van der Waals surface area contributed by atoms with Gasteiger partial charge in [0.2, 0.25) is 6.41 Å². The summed E-state index contributed by atoms with van der Waals surface area (Å²) >= 11 is 0. The van der Waals surface area contributed by atoms with Crippen molar-refractivity contribution >= 4 is 29.6 Å². The van der Waals surface area contributed by atoms with Gasteiger partial charge in [-0.25, -0.2) is 0 Å². The van der Waals surface area contributed by atoms with Gasteiger partial charge in [0.1, 0.15) is 11.5 Å². The van der Waals surface area contributed by atoms with Gasteiger partial charge in [0, 0.05) is 17.4 Å². The van der Waals surface area contributed by atoms with Crippen molar-refractivity contribution in [2.24, 2.45) is 0 Å². The van der Waals surface area contributed by atoms with Gasteiger partial charge in [-0.2, -0.15) is 0 Å². The highest BCUT2D eigenvalue weighted by atomic mass is 16.5. The zero-order valence-corrected chi connectivity index (χ0v) is 20.7. The van der Waals surface area contributed by atoms with Gasteiger partial charge in [0.25, 0.3) is 11.8 Å². The van der Waals surface area contributed by atoms with E-state index in [1.54, 1.807) is 42.5 Å². The lowest BCUT2D eigenvalue weighted by atomic mass is 9.87. The van der Waals surface area contributed by atoms with E-state index in [-0.39, 0.29) is 23.3 Å². The number of hydrogen-bond donors (Lipinski definition) is 0. The maximum Gasteiger partial charge on any atom is 0.261 e. The Morgan fingerprint density at radius 2 is 1.40 bits per heavy atom. The summed E-state index contributed by atoms with van der Waals surface area (Å²) in [5.41, 5.74) is 3.11. The lowest BCUT2D eigenvalue weighted by Crippen LogP contribution is -2.37. The molecule has 1 unspecified atom stereocenters. The van der Waals surface area contributed by atoms with Gasteiger partial charge in [-0.15, -0.1) is 0 Å². The van der Waals surface area contributed by atoms with Crippen LogP contribution in [0.5, 0.6) is 11.5 Å². The van der Waals surface area contributed by atoms with Crippen LogP contribution in [0.1, 0.15) is 67.3 Å². The Labute approximate surface area is 206 Å². The predicted octanol–water partition coefficient (Wildman–Crippen LogP) is 6.47. The molecule has 0 aromatic heterocycles. The van der Waals surface area contributed by atoms with Crippen LogP contribution in [0.15, 0.2) is 66.7 Å². The fourth-order valence-corrected chi connectivity index (χ4v) is 4.08. The molecule has 0 bridgehead atoms. The molecule has 1 atom stereocenters. The van der Waals surface area contributed by atoms with Gasteiger partial charge in [-0.1, -0.05) is 39.8 Å². The molecule has 180 valence electrons. The molecule has 3 aromatic carbocycles. The van der Waals surface area contributed by atoms with Gasteiger partial charge >= 0.3 is 0 Å². The fourth-order valence-electron chi connectivity index (χ4n) is 4.08. The van der Waals surface area contributed by atoms with Crippen LogP contribution in [0.4, 0.5) is 11.4 Å². The van der Waals surface area contributed by atoms with Gasteiger partial charge in [-0.05, 0) is 78.9 Å². The molecular weight excluding hydrogens is 440 g/mol. The van der Waals surface area contributed by atoms with Crippen molar-refractivity contribution in [3.8, 4) is 11.5 Å². The molecule has 0 radical (unpaired) electrons. The number of carbonyl (C=O) groups excluding carboxylic acids is 3. The van der Waals surface area contributed by atoms with E-state index in [1.165, 1.54) is 15.4 Å². The molecular formula is C29H30N2O4. The van der Waals surface area contributed by atoms with Crippen LogP contribution in [0.3, 0.4) is 0 Å². The van der Waals surface area contributed by atoms with Crippen LogP contribution in [-0.4, -0.2) is 29.2 Å². The predicted molar refractivity (Wildman–Crippen MR) is 137 cm³/mol. The molecule has 0 N–H and O–H groups in total. The smallest absolute Gasteiger partial charge is 0.261 e. The maximum atomic E-state index is 12.9. The van der Waals surface area contributed by atoms with Crippen LogP contribution in [-0.2, 0) is 10.2 Å². The number of benzene rings is 3. The van der Waals surface area contributed by atoms with E-state index in [9.17, 15) is 14.4 Å². The zero-order valence-electron chi connectivity index (χ0n) is 20.7. The summed E-state index contributed by atoms with van der Waals surface area (Å²) in [6.07, 6.45) is 1.37. The van der Waals surface area contributed by atoms with E-state index in [4.69, 9.17) is 4.74 Å². The second kappa shape index (κ2) is 9.37. The first-order valence-corrected chi connectivity index (χ1v) is 11.8. The Bertz CT molecular complexity index is 1260. The van der Waals surface area contributed by atoms with Gasteiger partial charge in [0.05, 0.1) is 11.1 Å². The zero-order chi connectivity index (χ0) is 25.3. The average Bonchev–Trinajstić information content (AvgIpc) is 3.09. The molecule has 1 heterocycles. The maximum absolute atomic E-state index is 12.9. The lowest BCUT2D eigenvalue weighted by molar-refractivity contribution is -0.106. The summed E-state index contributed by atoms with van der Waals surface area (Å²) in [6, 6.07) is 19.8. The largest absolute Gasteiger partial charge is 0.457 e. The molecule has 1 aliphatic heterocycles. The molecule has 3 aromatic rings.